The second-order valence-electron chi connectivity index (χ2n) is 2.57. The van der Waals surface area contributed by atoms with Crippen LogP contribution in [-0.2, 0) is 6.54 Å². The van der Waals surface area contributed by atoms with E-state index in [1.165, 1.54) is 6.07 Å². The van der Waals surface area contributed by atoms with Crippen LogP contribution < -0.4 is 5.73 Å². The maximum Gasteiger partial charge on any atom is 0.129 e. The molecule has 68 valence electrons. The maximum absolute atomic E-state index is 13.2. The van der Waals surface area contributed by atoms with Gasteiger partial charge in [0.05, 0.1) is 5.69 Å². The Morgan fingerprint density at radius 2 is 2.23 bits per heavy atom. The fourth-order valence-electron chi connectivity index (χ4n) is 1.08. The highest BCUT2D eigenvalue weighted by Gasteiger charge is 2.05. The van der Waals surface area contributed by atoms with Crippen molar-refractivity contribution in [3.05, 3.63) is 35.7 Å². The fourth-order valence-corrected chi connectivity index (χ4v) is 1.08. The van der Waals surface area contributed by atoms with Crippen molar-refractivity contribution in [2.24, 2.45) is 10.7 Å². The number of benzene rings is 1. The zero-order chi connectivity index (χ0) is 9.84. The van der Waals surface area contributed by atoms with Gasteiger partial charge in [-0.05, 0) is 12.8 Å². The van der Waals surface area contributed by atoms with Crippen LogP contribution in [0.3, 0.4) is 0 Å². The Morgan fingerprint density at radius 1 is 1.54 bits per heavy atom. The third kappa shape index (κ3) is 1.81. The number of rotatable bonds is 3. The van der Waals surface area contributed by atoms with E-state index < -0.39 is 0 Å². The molecule has 0 saturated carbocycles. The second kappa shape index (κ2) is 3.96. The lowest BCUT2D eigenvalue weighted by molar-refractivity contribution is 0.611. The van der Waals surface area contributed by atoms with Crippen molar-refractivity contribution >= 4 is 18.5 Å². The molecule has 0 unspecified atom stereocenters. The van der Waals surface area contributed by atoms with E-state index >= 15 is 0 Å². The van der Waals surface area contributed by atoms with Gasteiger partial charge in [0.25, 0.3) is 0 Å². The molecule has 2 N–H and O–H groups in total. The third-order valence-corrected chi connectivity index (χ3v) is 1.81. The fraction of sp³-hybridized carbons (Fsp3) is 0.100. The van der Waals surface area contributed by atoms with Crippen LogP contribution in [0, 0.1) is 5.82 Å². The Hall–Kier alpha value is -1.48. The molecule has 0 aliphatic carbocycles. The highest BCUT2D eigenvalue weighted by Crippen LogP contribution is 2.23. The molecule has 0 aliphatic rings. The molecule has 0 fully saturated rings. The lowest BCUT2D eigenvalue weighted by Gasteiger charge is -2.04. The summed E-state index contributed by atoms with van der Waals surface area (Å²) in [7, 11) is 0. The molecule has 0 saturated heterocycles. The molecule has 0 amide bonds. The molecule has 0 heterocycles. The SMILES string of the molecule is C=Cc1cc(CN)c(F)cc1N=C. The summed E-state index contributed by atoms with van der Waals surface area (Å²) >= 11 is 0. The average Bonchev–Trinajstić information content (AvgIpc) is 2.17. The third-order valence-electron chi connectivity index (χ3n) is 1.81. The number of nitrogens with two attached hydrogens (primary N) is 1. The van der Waals surface area contributed by atoms with Gasteiger partial charge in [0, 0.05) is 23.7 Å². The number of hydrogen-bond acceptors (Lipinski definition) is 2. The predicted octanol–water partition coefficient (Wildman–Crippen LogP) is 2.26. The molecule has 1 rings (SSSR count). The minimum atomic E-state index is -0.351. The van der Waals surface area contributed by atoms with Gasteiger partial charge in [0.1, 0.15) is 5.82 Å². The van der Waals surface area contributed by atoms with Crippen LogP contribution in [0.4, 0.5) is 10.1 Å². The van der Waals surface area contributed by atoms with E-state index in [9.17, 15) is 4.39 Å². The van der Waals surface area contributed by atoms with Crippen LogP contribution in [0.25, 0.3) is 6.08 Å². The Balaban J connectivity index is 3.34. The minimum absolute atomic E-state index is 0.171. The van der Waals surface area contributed by atoms with E-state index in [-0.39, 0.29) is 12.4 Å². The highest BCUT2D eigenvalue weighted by atomic mass is 19.1. The van der Waals surface area contributed by atoms with E-state index in [1.807, 2.05) is 0 Å². The Bertz CT molecular complexity index is 345. The molecule has 3 heteroatoms. The highest BCUT2D eigenvalue weighted by molar-refractivity contribution is 5.65. The number of halogens is 1. The molecule has 1 aromatic rings. The molecule has 1 aromatic carbocycles. The molecule has 0 radical (unpaired) electrons. The van der Waals surface area contributed by atoms with Crippen LogP contribution in [0.15, 0.2) is 23.7 Å². The van der Waals surface area contributed by atoms with Crippen molar-refractivity contribution in [1.29, 1.82) is 0 Å². The van der Waals surface area contributed by atoms with E-state index in [4.69, 9.17) is 5.73 Å². The first kappa shape index (κ1) is 9.61. The van der Waals surface area contributed by atoms with Crippen LogP contribution in [0.5, 0.6) is 0 Å². The van der Waals surface area contributed by atoms with Gasteiger partial charge in [-0.25, -0.2) is 4.39 Å². The summed E-state index contributed by atoms with van der Waals surface area (Å²) in [5.41, 5.74) is 7.04. The molecule has 0 spiro atoms. The monoisotopic (exact) mass is 178 g/mol. The summed E-state index contributed by atoms with van der Waals surface area (Å²) in [6, 6.07) is 2.94. The summed E-state index contributed by atoms with van der Waals surface area (Å²) in [6.45, 7) is 7.10. The van der Waals surface area contributed by atoms with Gasteiger partial charge < -0.3 is 5.73 Å². The molecule has 0 bridgehead atoms. The lowest BCUT2D eigenvalue weighted by atomic mass is 10.1. The zero-order valence-electron chi connectivity index (χ0n) is 7.26. The van der Waals surface area contributed by atoms with Gasteiger partial charge in [-0.15, -0.1) is 0 Å². The van der Waals surface area contributed by atoms with Crippen molar-refractivity contribution in [1.82, 2.24) is 0 Å². The van der Waals surface area contributed by atoms with Crippen molar-refractivity contribution in [3.8, 4) is 0 Å². The molecular formula is C10H11FN2. The smallest absolute Gasteiger partial charge is 0.129 e. The van der Waals surface area contributed by atoms with Crippen LogP contribution >= 0.6 is 0 Å². The van der Waals surface area contributed by atoms with Crippen LogP contribution in [0.1, 0.15) is 11.1 Å². The maximum atomic E-state index is 13.2. The summed E-state index contributed by atoms with van der Waals surface area (Å²) in [5.74, 6) is -0.351. The normalized spacial score (nSPS) is 9.69. The first-order valence-corrected chi connectivity index (χ1v) is 3.84. The van der Waals surface area contributed by atoms with Crippen molar-refractivity contribution < 1.29 is 4.39 Å². The van der Waals surface area contributed by atoms with Gasteiger partial charge in [-0.2, -0.15) is 0 Å². The predicted molar refractivity (Wildman–Crippen MR) is 53.6 cm³/mol. The summed E-state index contributed by atoms with van der Waals surface area (Å²) < 4.78 is 13.2. The van der Waals surface area contributed by atoms with Crippen molar-refractivity contribution in [2.45, 2.75) is 6.54 Å². The zero-order valence-corrected chi connectivity index (χ0v) is 7.26. The number of hydrogen-bond donors (Lipinski definition) is 1. The standard InChI is InChI=1S/C10H11FN2/c1-3-7-4-8(6-12)9(11)5-10(7)13-2/h3-5H,1-2,6,12H2. The second-order valence-corrected chi connectivity index (χ2v) is 2.57. The van der Waals surface area contributed by atoms with Gasteiger partial charge in [0.2, 0.25) is 0 Å². The molecule has 13 heavy (non-hydrogen) atoms. The first-order valence-electron chi connectivity index (χ1n) is 3.84. The molecule has 0 atom stereocenters. The Kier molecular flexibility index (Phi) is 2.93. The summed E-state index contributed by atoms with van der Waals surface area (Å²) in [6.07, 6.45) is 1.60. The van der Waals surface area contributed by atoms with Gasteiger partial charge >= 0.3 is 0 Å². The summed E-state index contributed by atoms with van der Waals surface area (Å²) in [5, 5.41) is 0. The van der Waals surface area contributed by atoms with E-state index in [1.54, 1.807) is 12.1 Å². The van der Waals surface area contributed by atoms with Crippen molar-refractivity contribution in [3.63, 3.8) is 0 Å². The minimum Gasteiger partial charge on any atom is -0.326 e. The van der Waals surface area contributed by atoms with Gasteiger partial charge in [-0.1, -0.05) is 12.7 Å². The Labute approximate surface area is 76.6 Å². The topological polar surface area (TPSA) is 38.4 Å². The van der Waals surface area contributed by atoms with Crippen LogP contribution in [0.2, 0.25) is 0 Å². The average molecular weight is 178 g/mol. The summed E-state index contributed by atoms with van der Waals surface area (Å²) in [4.78, 5) is 3.68. The quantitative estimate of drug-likeness (QED) is 0.708. The van der Waals surface area contributed by atoms with Gasteiger partial charge in [0.15, 0.2) is 0 Å². The molecular weight excluding hydrogens is 167 g/mol. The van der Waals surface area contributed by atoms with E-state index in [0.29, 0.717) is 11.3 Å². The first-order chi connectivity index (χ1) is 6.22. The van der Waals surface area contributed by atoms with E-state index in [0.717, 1.165) is 5.56 Å². The molecule has 2 nitrogen and oxygen atoms in total. The largest absolute Gasteiger partial charge is 0.326 e. The number of nitrogens with zero attached hydrogens (tertiary/aromatic N) is 1. The van der Waals surface area contributed by atoms with Crippen molar-refractivity contribution in [2.75, 3.05) is 0 Å². The van der Waals surface area contributed by atoms with Crippen LogP contribution in [-0.4, -0.2) is 6.72 Å². The van der Waals surface area contributed by atoms with Gasteiger partial charge in [-0.3, -0.25) is 4.99 Å². The molecule has 0 aromatic heterocycles. The Morgan fingerprint density at radius 3 is 2.69 bits per heavy atom. The molecule has 0 aliphatic heterocycles. The lowest BCUT2D eigenvalue weighted by Crippen LogP contribution is -2.00. The number of aliphatic imine (C=N–C) groups is 1. The van der Waals surface area contributed by atoms with E-state index in [2.05, 4.69) is 18.3 Å².